The molecule has 2 rings (SSSR count). The van der Waals surface area contributed by atoms with E-state index in [0.717, 1.165) is 37.0 Å². The van der Waals surface area contributed by atoms with Crippen LogP contribution in [-0.4, -0.2) is 42.1 Å². The van der Waals surface area contributed by atoms with Gasteiger partial charge in [0.1, 0.15) is 5.01 Å². The first-order valence-corrected chi connectivity index (χ1v) is 6.17. The minimum atomic E-state index is 0. The number of aliphatic imine (C=N–C) groups is 1. The van der Waals surface area contributed by atoms with E-state index in [2.05, 4.69) is 9.98 Å². The molecule has 96 valence electrons. The average molecular weight is 368 g/mol. The molecule has 1 saturated heterocycles. The van der Waals surface area contributed by atoms with Crippen molar-refractivity contribution in [3.8, 4) is 0 Å². The molecule has 0 bridgehead atoms. The van der Waals surface area contributed by atoms with Gasteiger partial charge in [0, 0.05) is 24.2 Å². The molecule has 0 amide bonds. The van der Waals surface area contributed by atoms with Crippen LogP contribution in [0.5, 0.6) is 0 Å². The standard InChI is InChI=1S/C10H16N4OS.HI/c1-8-7-16-9(13-8)6-12-10(11)14-2-4-15-5-3-14;/h7H,2-6H2,1H3,(H2,11,12);1H. The van der Waals surface area contributed by atoms with Gasteiger partial charge in [-0.2, -0.15) is 0 Å². The Kier molecular flexibility index (Phi) is 6.14. The van der Waals surface area contributed by atoms with Crippen molar-refractivity contribution in [1.82, 2.24) is 9.88 Å². The van der Waals surface area contributed by atoms with Gasteiger partial charge in [-0.25, -0.2) is 9.98 Å². The molecular weight excluding hydrogens is 351 g/mol. The quantitative estimate of drug-likeness (QED) is 0.484. The fraction of sp³-hybridized carbons (Fsp3) is 0.600. The fourth-order valence-corrected chi connectivity index (χ4v) is 2.21. The van der Waals surface area contributed by atoms with Crippen molar-refractivity contribution in [1.29, 1.82) is 0 Å². The minimum Gasteiger partial charge on any atom is -0.378 e. The molecule has 0 unspecified atom stereocenters. The van der Waals surface area contributed by atoms with E-state index in [0.29, 0.717) is 12.5 Å². The molecule has 1 aliphatic heterocycles. The van der Waals surface area contributed by atoms with Gasteiger partial charge in [-0.15, -0.1) is 35.3 Å². The summed E-state index contributed by atoms with van der Waals surface area (Å²) in [6.07, 6.45) is 0. The Labute approximate surface area is 122 Å². The molecular formula is C10H17IN4OS. The third-order valence-electron chi connectivity index (χ3n) is 2.38. The summed E-state index contributed by atoms with van der Waals surface area (Å²) in [6, 6.07) is 0. The topological polar surface area (TPSA) is 63.7 Å². The van der Waals surface area contributed by atoms with Crippen molar-refractivity contribution < 1.29 is 4.74 Å². The maximum absolute atomic E-state index is 5.90. The molecule has 2 N–H and O–H groups in total. The van der Waals surface area contributed by atoms with Crippen LogP contribution in [0, 0.1) is 6.92 Å². The van der Waals surface area contributed by atoms with Gasteiger partial charge < -0.3 is 15.4 Å². The second kappa shape index (κ2) is 7.12. The predicted octanol–water partition coefficient (Wildman–Crippen LogP) is 1.22. The Bertz CT molecular complexity index is 376. The van der Waals surface area contributed by atoms with Crippen LogP contribution in [0.25, 0.3) is 0 Å². The molecule has 7 heteroatoms. The second-order valence-electron chi connectivity index (χ2n) is 3.66. The lowest BCUT2D eigenvalue weighted by Crippen LogP contribution is -2.44. The summed E-state index contributed by atoms with van der Waals surface area (Å²) in [4.78, 5) is 10.7. The highest BCUT2D eigenvalue weighted by Gasteiger charge is 2.11. The van der Waals surface area contributed by atoms with Crippen molar-refractivity contribution in [2.45, 2.75) is 13.5 Å². The van der Waals surface area contributed by atoms with Crippen molar-refractivity contribution >= 4 is 41.3 Å². The van der Waals surface area contributed by atoms with E-state index < -0.39 is 0 Å². The minimum absolute atomic E-state index is 0. The third-order valence-corrected chi connectivity index (χ3v) is 3.33. The zero-order valence-electron chi connectivity index (χ0n) is 9.76. The molecule has 0 aromatic carbocycles. The number of halogens is 1. The zero-order chi connectivity index (χ0) is 11.4. The summed E-state index contributed by atoms with van der Waals surface area (Å²) in [5.74, 6) is 0.594. The number of nitrogens with two attached hydrogens (primary N) is 1. The fourth-order valence-electron chi connectivity index (χ4n) is 1.52. The lowest BCUT2D eigenvalue weighted by molar-refractivity contribution is 0.0674. The highest BCUT2D eigenvalue weighted by molar-refractivity contribution is 14.0. The summed E-state index contributed by atoms with van der Waals surface area (Å²) in [7, 11) is 0. The Balaban J connectivity index is 0.00000144. The number of aryl methyl sites for hydroxylation is 1. The number of thiazole rings is 1. The maximum Gasteiger partial charge on any atom is 0.191 e. The molecule has 0 radical (unpaired) electrons. The smallest absolute Gasteiger partial charge is 0.191 e. The molecule has 1 aromatic rings. The SMILES string of the molecule is Cc1csc(CN=C(N)N2CCOCC2)n1.I. The van der Waals surface area contributed by atoms with Crippen LogP contribution in [-0.2, 0) is 11.3 Å². The van der Waals surface area contributed by atoms with Gasteiger partial charge in [0.05, 0.1) is 19.8 Å². The predicted molar refractivity (Wildman–Crippen MR) is 80.0 cm³/mol. The normalized spacial score (nSPS) is 16.8. The van der Waals surface area contributed by atoms with Crippen molar-refractivity contribution in [3.05, 3.63) is 16.1 Å². The van der Waals surface area contributed by atoms with Gasteiger partial charge in [-0.05, 0) is 6.92 Å². The number of aromatic nitrogens is 1. The molecule has 1 fully saturated rings. The molecule has 0 saturated carbocycles. The van der Waals surface area contributed by atoms with Crippen LogP contribution in [0.2, 0.25) is 0 Å². The molecule has 1 aliphatic rings. The number of rotatable bonds is 2. The molecule has 0 aliphatic carbocycles. The van der Waals surface area contributed by atoms with Crippen LogP contribution in [0.4, 0.5) is 0 Å². The monoisotopic (exact) mass is 368 g/mol. The highest BCUT2D eigenvalue weighted by atomic mass is 127. The zero-order valence-corrected chi connectivity index (χ0v) is 12.9. The average Bonchev–Trinajstić information content (AvgIpc) is 2.73. The largest absolute Gasteiger partial charge is 0.378 e. The van der Waals surface area contributed by atoms with Crippen LogP contribution >= 0.6 is 35.3 Å². The number of nitrogens with zero attached hydrogens (tertiary/aromatic N) is 3. The lowest BCUT2D eigenvalue weighted by Gasteiger charge is -2.27. The van der Waals surface area contributed by atoms with E-state index >= 15 is 0 Å². The van der Waals surface area contributed by atoms with Gasteiger partial charge in [0.2, 0.25) is 0 Å². The number of hydrogen-bond donors (Lipinski definition) is 1. The Morgan fingerprint density at radius 1 is 1.59 bits per heavy atom. The van der Waals surface area contributed by atoms with Gasteiger partial charge >= 0.3 is 0 Å². The van der Waals surface area contributed by atoms with Crippen LogP contribution in [0.15, 0.2) is 10.4 Å². The number of morpholine rings is 1. The first kappa shape index (κ1) is 14.7. The van der Waals surface area contributed by atoms with Crippen molar-refractivity contribution in [2.24, 2.45) is 10.7 Å². The molecule has 0 spiro atoms. The molecule has 5 nitrogen and oxygen atoms in total. The van der Waals surface area contributed by atoms with E-state index in [1.165, 1.54) is 0 Å². The first-order valence-electron chi connectivity index (χ1n) is 5.29. The maximum atomic E-state index is 5.90. The molecule has 17 heavy (non-hydrogen) atoms. The summed E-state index contributed by atoms with van der Waals surface area (Å²) in [6.45, 7) is 5.66. The van der Waals surface area contributed by atoms with Gasteiger partial charge in [0.15, 0.2) is 5.96 Å². The summed E-state index contributed by atoms with van der Waals surface area (Å²) in [5.41, 5.74) is 6.94. The number of ether oxygens (including phenoxy) is 1. The summed E-state index contributed by atoms with van der Waals surface area (Å²) >= 11 is 1.62. The van der Waals surface area contributed by atoms with E-state index in [4.69, 9.17) is 10.5 Å². The summed E-state index contributed by atoms with van der Waals surface area (Å²) in [5, 5.41) is 3.03. The first-order chi connectivity index (χ1) is 7.75. The van der Waals surface area contributed by atoms with E-state index in [1.807, 2.05) is 17.2 Å². The third kappa shape index (κ3) is 4.40. The van der Waals surface area contributed by atoms with Crippen LogP contribution in [0.3, 0.4) is 0 Å². The van der Waals surface area contributed by atoms with Crippen LogP contribution < -0.4 is 5.73 Å². The molecule has 2 heterocycles. The van der Waals surface area contributed by atoms with Crippen molar-refractivity contribution in [2.75, 3.05) is 26.3 Å². The molecule has 0 atom stereocenters. The lowest BCUT2D eigenvalue weighted by atomic mass is 10.4. The van der Waals surface area contributed by atoms with E-state index in [1.54, 1.807) is 11.3 Å². The number of hydrogen-bond acceptors (Lipinski definition) is 4. The summed E-state index contributed by atoms with van der Waals surface area (Å²) < 4.78 is 5.25. The number of guanidine groups is 1. The van der Waals surface area contributed by atoms with Gasteiger partial charge in [-0.3, -0.25) is 0 Å². The van der Waals surface area contributed by atoms with Gasteiger partial charge in [-0.1, -0.05) is 0 Å². The van der Waals surface area contributed by atoms with Crippen molar-refractivity contribution in [3.63, 3.8) is 0 Å². The van der Waals surface area contributed by atoms with E-state index in [9.17, 15) is 0 Å². The van der Waals surface area contributed by atoms with E-state index in [-0.39, 0.29) is 24.0 Å². The highest BCUT2D eigenvalue weighted by Crippen LogP contribution is 2.09. The van der Waals surface area contributed by atoms with Gasteiger partial charge in [0.25, 0.3) is 0 Å². The Hall–Kier alpha value is -0.410. The second-order valence-corrected chi connectivity index (χ2v) is 4.60. The van der Waals surface area contributed by atoms with Crippen LogP contribution in [0.1, 0.15) is 10.7 Å². The molecule has 1 aromatic heterocycles. The Morgan fingerprint density at radius 2 is 2.29 bits per heavy atom. The Morgan fingerprint density at radius 3 is 2.88 bits per heavy atom.